The number of carbonyl (C=O) groups excluding carboxylic acids is 1. The van der Waals surface area contributed by atoms with E-state index in [0.29, 0.717) is 30.0 Å². The average molecular weight is 482 g/mol. The van der Waals surface area contributed by atoms with Crippen LogP contribution in [0.25, 0.3) is 0 Å². The molecule has 2 aromatic carbocycles. The Labute approximate surface area is 215 Å². The van der Waals surface area contributed by atoms with E-state index in [0.717, 1.165) is 44.9 Å². The molecule has 0 amide bonds. The minimum atomic E-state index is -0.699. The Balaban J connectivity index is 1.46. The van der Waals surface area contributed by atoms with Gasteiger partial charge in [-0.05, 0) is 90.8 Å². The zero-order valence-corrected chi connectivity index (χ0v) is 22.0. The van der Waals surface area contributed by atoms with Crippen molar-refractivity contribution >= 4 is 11.5 Å². The largest absolute Gasteiger partial charge is 0.389 e. The topological polar surface area (TPSA) is 40.5 Å². The van der Waals surface area contributed by atoms with Crippen molar-refractivity contribution in [3.05, 3.63) is 88.5 Å². The van der Waals surface area contributed by atoms with E-state index in [4.69, 9.17) is 0 Å². The molecule has 188 valence electrons. The number of anilines is 1. The Morgan fingerprint density at radius 1 is 0.972 bits per heavy atom. The molecule has 4 aliphatic rings. The van der Waals surface area contributed by atoms with Crippen LogP contribution >= 0.6 is 0 Å². The summed E-state index contributed by atoms with van der Waals surface area (Å²) < 4.78 is 0. The Bertz CT molecular complexity index is 1220. The molecule has 4 aliphatic carbocycles. The van der Waals surface area contributed by atoms with Gasteiger partial charge in [-0.25, -0.2) is 0 Å². The average Bonchev–Trinajstić information content (AvgIpc) is 3.13. The van der Waals surface area contributed by atoms with Crippen molar-refractivity contribution in [2.75, 3.05) is 19.0 Å². The maximum Gasteiger partial charge on any atom is 0.156 e. The molecule has 5 atom stereocenters. The second kappa shape index (κ2) is 8.73. The first-order chi connectivity index (χ1) is 17.3. The zero-order valence-electron chi connectivity index (χ0n) is 22.0. The lowest BCUT2D eigenvalue weighted by Crippen LogP contribution is -2.52. The van der Waals surface area contributed by atoms with Crippen molar-refractivity contribution in [1.29, 1.82) is 0 Å². The number of carbonyl (C=O) groups is 1. The molecule has 2 aromatic rings. The van der Waals surface area contributed by atoms with E-state index in [2.05, 4.69) is 80.5 Å². The van der Waals surface area contributed by atoms with Crippen LogP contribution in [-0.4, -0.2) is 30.6 Å². The lowest BCUT2D eigenvalue weighted by Gasteiger charge is -2.55. The normalized spacial score (nSPS) is 33.5. The van der Waals surface area contributed by atoms with Crippen LogP contribution in [-0.2, 0) is 11.2 Å². The van der Waals surface area contributed by atoms with Gasteiger partial charge >= 0.3 is 0 Å². The van der Waals surface area contributed by atoms with E-state index in [1.807, 2.05) is 6.08 Å². The van der Waals surface area contributed by atoms with Gasteiger partial charge in [-0.15, -0.1) is 0 Å². The van der Waals surface area contributed by atoms with Crippen LogP contribution in [0.2, 0.25) is 0 Å². The highest BCUT2D eigenvalue weighted by Gasteiger charge is 2.62. The molecule has 2 saturated carbocycles. The Hall–Kier alpha value is -2.65. The Morgan fingerprint density at radius 2 is 1.72 bits per heavy atom. The van der Waals surface area contributed by atoms with Crippen LogP contribution in [0, 0.1) is 17.3 Å². The molecule has 1 N–H and O–H groups in total. The van der Waals surface area contributed by atoms with Crippen LogP contribution in [0.5, 0.6) is 0 Å². The molecular formula is C33H39NO2. The highest BCUT2D eigenvalue weighted by molar-refractivity contribution is 5.93. The quantitative estimate of drug-likeness (QED) is 0.533. The van der Waals surface area contributed by atoms with Gasteiger partial charge in [-0.3, -0.25) is 4.79 Å². The summed E-state index contributed by atoms with van der Waals surface area (Å²) in [7, 11) is 4.17. The third-order valence-electron chi connectivity index (χ3n) is 10.2. The summed E-state index contributed by atoms with van der Waals surface area (Å²) in [5.41, 5.74) is 7.34. The van der Waals surface area contributed by atoms with Crippen molar-refractivity contribution in [1.82, 2.24) is 0 Å². The Kier molecular flexibility index (Phi) is 5.75. The van der Waals surface area contributed by atoms with Gasteiger partial charge in [0.05, 0.1) is 5.60 Å². The van der Waals surface area contributed by atoms with Gasteiger partial charge in [0.15, 0.2) is 5.78 Å². The molecule has 0 aliphatic heterocycles. The number of hydrogen-bond donors (Lipinski definition) is 1. The van der Waals surface area contributed by atoms with E-state index in [-0.39, 0.29) is 5.41 Å². The third-order valence-corrected chi connectivity index (χ3v) is 10.2. The minimum absolute atomic E-state index is 0.145. The smallest absolute Gasteiger partial charge is 0.156 e. The summed E-state index contributed by atoms with van der Waals surface area (Å²) in [6, 6.07) is 19.7. The predicted octanol–water partition coefficient (Wildman–Crippen LogP) is 6.63. The van der Waals surface area contributed by atoms with Crippen LogP contribution in [0.3, 0.4) is 0 Å². The molecule has 0 heterocycles. The third kappa shape index (κ3) is 3.70. The van der Waals surface area contributed by atoms with Crippen LogP contribution in [0.1, 0.15) is 68.9 Å². The maximum atomic E-state index is 12.4. The molecule has 0 saturated heterocycles. The number of hydrogen-bond acceptors (Lipinski definition) is 3. The fourth-order valence-corrected chi connectivity index (χ4v) is 8.28. The fraction of sp³-hybridized carbons (Fsp3) is 0.485. The van der Waals surface area contributed by atoms with E-state index < -0.39 is 5.60 Å². The monoisotopic (exact) mass is 481 g/mol. The van der Waals surface area contributed by atoms with Crippen molar-refractivity contribution in [3.8, 4) is 0 Å². The molecule has 0 bridgehead atoms. The summed E-state index contributed by atoms with van der Waals surface area (Å²) in [5, 5.41) is 12.4. The number of aliphatic hydroxyl groups is 1. The van der Waals surface area contributed by atoms with E-state index in [1.54, 1.807) is 5.57 Å². The van der Waals surface area contributed by atoms with Gasteiger partial charge in [0.2, 0.25) is 0 Å². The van der Waals surface area contributed by atoms with Crippen LogP contribution in [0.4, 0.5) is 5.69 Å². The second-order valence-corrected chi connectivity index (χ2v) is 12.2. The number of fused-ring (bicyclic) bond motifs is 4. The number of rotatable bonds is 4. The van der Waals surface area contributed by atoms with Gasteiger partial charge in [-0.1, -0.05) is 55.0 Å². The number of nitrogens with zero attached hydrogens (tertiary/aromatic N) is 1. The van der Waals surface area contributed by atoms with Gasteiger partial charge < -0.3 is 10.0 Å². The standard InChI is InChI=1S/C33H39NO2/c1-32-21-29(23-9-12-25(13-10-23)34(2)3)31-27-16-14-26(35)19-24(27)11-15-28(31)30(32)17-18-33(32,36)20-22-7-5-4-6-8-22/h4-10,12-13,19,28-30,36H,11,14-18,20-21H2,1-3H3/t28-,29+,30-,32-,33+/m0/s1. The summed E-state index contributed by atoms with van der Waals surface area (Å²) in [6.07, 6.45) is 9.24. The van der Waals surface area contributed by atoms with Crippen molar-refractivity contribution in [2.45, 2.75) is 69.8 Å². The molecule has 2 fully saturated rings. The van der Waals surface area contributed by atoms with Gasteiger partial charge in [0, 0.05) is 44.0 Å². The van der Waals surface area contributed by atoms with E-state index in [1.165, 1.54) is 28.0 Å². The van der Waals surface area contributed by atoms with Crippen molar-refractivity contribution in [3.63, 3.8) is 0 Å². The van der Waals surface area contributed by atoms with Gasteiger partial charge in [0.1, 0.15) is 0 Å². The Morgan fingerprint density at radius 3 is 2.44 bits per heavy atom. The van der Waals surface area contributed by atoms with Crippen molar-refractivity contribution < 1.29 is 9.90 Å². The minimum Gasteiger partial charge on any atom is -0.389 e. The molecule has 3 heteroatoms. The molecule has 3 nitrogen and oxygen atoms in total. The summed E-state index contributed by atoms with van der Waals surface area (Å²) in [5.74, 6) is 1.57. The number of allylic oxidation sites excluding steroid dienone is 4. The molecule has 0 radical (unpaired) electrons. The highest BCUT2D eigenvalue weighted by Crippen LogP contribution is 2.67. The maximum absolute atomic E-state index is 12.4. The van der Waals surface area contributed by atoms with Gasteiger partial charge in [-0.2, -0.15) is 0 Å². The summed E-state index contributed by atoms with van der Waals surface area (Å²) >= 11 is 0. The molecule has 36 heavy (non-hydrogen) atoms. The molecular weight excluding hydrogens is 442 g/mol. The summed E-state index contributed by atoms with van der Waals surface area (Å²) in [4.78, 5) is 14.4. The molecule has 0 aromatic heterocycles. The molecule has 0 spiro atoms. The predicted molar refractivity (Wildman–Crippen MR) is 146 cm³/mol. The first-order valence-corrected chi connectivity index (χ1v) is 13.8. The second-order valence-electron chi connectivity index (χ2n) is 12.2. The van der Waals surface area contributed by atoms with E-state index in [9.17, 15) is 9.90 Å². The van der Waals surface area contributed by atoms with E-state index >= 15 is 0 Å². The van der Waals surface area contributed by atoms with Crippen LogP contribution < -0.4 is 4.90 Å². The molecule has 0 unspecified atom stereocenters. The molecule has 6 rings (SSSR count). The lowest BCUT2D eigenvalue weighted by atomic mass is 9.50. The fourth-order valence-electron chi connectivity index (χ4n) is 8.28. The van der Waals surface area contributed by atoms with Crippen molar-refractivity contribution in [2.24, 2.45) is 17.3 Å². The zero-order chi connectivity index (χ0) is 25.1. The SMILES string of the molecule is CN(C)c1ccc([C@H]2C[C@@]3(C)[C@@H](CC[C@@]3(O)Cc3ccccc3)[C@@H]3CCC4=CC(=O)CCC4=C32)cc1. The first kappa shape index (κ1) is 23.7. The first-order valence-electron chi connectivity index (χ1n) is 13.8. The number of ketones is 1. The number of benzene rings is 2. The highest BCUT2D eigenvalue weighted by atomic mass is 16.3. The van der Waals surface area contributed by atoms with Gasteiger partial charge in [0.25, 0.3) is 0 Å². The van der Waals surface area contributed by atoms with Crippen LogP contribution in [0.15, 0.2) is 77.4 Å². The lowest BCUT2D eigenvalue weighted by molar-refractivity contribution is -0.114. The summed E-state index contributed by atoms with van der Waals surface area (Å²) in [6.45, 7) is 2.39.